The molecule has 0 fully saturated rings. The minimum Gasteiger partial charge on any atom is -0.324 e. The molecule has 112 valence electrons. The Morgan fingerprint density at radius 3 is 2.10 bits per heavy atom. The van der Waals surface area contributed by atoms with Crippen molar-refractivity contribution in [2.75, 3.05) is 5.32 Å². The molecule has 0 saturated heterocycles. The molecule has 1 atom stereocenters. The third kappa shape index (κ3) is 4.07. The Morgan fingerprint density at radius 1 is 1.05 bits per heavy atom. The highest BCUT2D eigenvalue weighted by molar-refractivity contribution is 5.95. The number of hydrogen-bond acceptors (Lipinski definition) is 2. The zero-order valence-electron chi connectivity index (χ0n) is 13.5. The molecule has 0 heterocycles. The van der Waals surface area contributed by atoms with Crippen LogP contribution >= 0.6 is 0 Å². The van der Waals surface area contributed by atoms with Crippen molar-refractivity contribution < 1.29 is 4.79 Å². The molecule has 3 N–H and O–H groups in total. The Bertz CT molecular complexity index is 464. The molecule has 0 aliphatic rings. The summed E-state index contributed by atoms with van der Waals surface area (Å²) in [5, 5.41) is 2.98. The molecule has 1 rings (SSSR count). The fraction of sp³-hybridized carbons (Fsp3) is 0.588. The third-order valence-corrected chi connectivity index (χ3v) is 3.64. The summed E-state index contributed by atoms with van der Waals surface area (Å²) < 4.78 is 0. The number of hydrogen-bond donors (Lipinski definition) is 2. The van der Waals surface area contributed by atoms with E-state index in [1.165, 1.54) is 11.1 Å². The monoisotopic (exact) mass is 276 g/mol. The van der Waals surface area contributed by atoms with E-state index in [4.69, 9.17) is 5.73 Å². The predicted octanol–water partition coefficient (Wildman–Crippen LogP) is 3.86. The summed E-state index contributed by atoms with van der Waals surface area (Å²) in [5.74, 6) is 0.862. The van der Waals surface area contributed by atoms with Gasteiger partial charge in [0.1, 0.15) is 0 Å². The molecular formula is C17H28N2O. The van der Waals surface area contributed by atoms with E-state index < -0.39 is 6.04 Å². The number of rotatable bonds is 5. The molecule has 0 spiro atoms. The predicted molar refractivity (Wildman–Crippen MR) is 86.1 cm³/mol. The quantitative estimate of drug-likeness (QED) is 0.858. The first-order chi connectivity index (χ1) is 9.23. The number of anilines is 1. The molecule has 0 aliphatic carbocycles. The van der Waals surface area contributed by atoms with Gasteiger partial charge >= 0.3 is 0 Å². The van der Waals surface area contributed by atoms with Gasteiger partial charge in [0, 0.05) is 5.69 Å². The van der Waals surface area contributed by atoms with Gasteiger partial charge in [0.25, 0.3) is 0 Å². The smallest absolute Gasteiger partial charge is 0.241 e. The fourth-order valence-electron chi connectivity index (χ4n) is 2.05. The SMILES string of the molecule is CC(C)c1ccc(NC(=O)[C@@H](N)C(C)C)c(C(C)C)c1. The average Bonchev–Trinajstić information content (AvgIpc) is 2.37. The Balaban J connectivity index is 3.03. The molecule has 20 heavy (non-hydrogen) atoms. The minimum atomic E-state index is -0.472. The van der Waals surface area contributed by atoms with Gasteiger partial charge in [-0.1, -0.05) is 53.7 Å². The number of nitrogens with two attached hydrogens (primary N) is 1. The molecule has 0 bridgehead atoms. The Morgan fingerprint density at radius 2 is 1.65 bits per heavy atom. The van der Waals surface area contributed by atoms with E-state index in [2.05, 4.69) is 45.1 Å². The van der Waals surface area contributed by atoms with Crippen LogP contribution in [0, 0.1) is 5.92 Å². The van der Waals surface area contributed by atoms with Gasteiger partial charge in [0.2, 0.25) is 5.91 Å². The van der Waals surface area contributed by atoms with E-state index in [0.29, 0.717) is 11.8 Å². The molecule has 3 heteroatoms. The summed E-state index contributed by atoms with van der Waals surface area (Å²) in [7, 11) is 0. The van der Waals surface area contributed by atoms with Crippen molar-refractivity contribution in [1.82, 2.24) is 0 Å². The van der Waals surface area contributed by atoms with E-state index in [0.717, 1.165) is 5.69 Å². The van der Waals surface area contributed by atoms with E-state index in [-0.39, 0.29) is 11.8 Å². The second-order valence-electron chi connectivity index (χ2n) is 6.42. The summed E-state index contributed by atoms with van der Waals surface area (Å²) in [6.45, 7) is 12.5. The summed E-state index contributed by atoms with van der Waals surface area (Å²) in [6, 6.07) is 5.79. The highest BCUT2D eigenvalue weighted by atomic mass is 16.2. The van der Waals surface area contributed by atoms with Gasteiger partial charge in [0.15, 0.2) is 0 Å². The molecule has 1 aromatic rings. The highest BCUT2D eigenvalue weighted by Gasteiger charge is 2.19. The number of nitrogens with one attached hydrogen (secondary N) is 1. The van der Waals surface area contributed by atoms with E-state index in [1.807, 2.05) is 19.9 Å². The van der Waals surface area contributed by atoms with Gasteiger partial charge in [-0.15, -0.1) is 0 Å². The topological polar surface area (TPSA) is 55.1 Å². The molecular weight excluding hydrogens is 248 g/mol. The molecule has 0 aliphatic heterocycles. The lowest BCUT2D eigenvalue weighted by Gasteiger charge is -2.20. The summed E-state index contributed by atoms with van der Waals surface area (Å²) in [6.07, 6.45) is 0. The van der Waals surface area contributed by atoms with Crippen LogP contribution in [0.2, 0.25) is 0 Å². The second-order valence-corrected chi connectivity index (χ2v) is 6.42. The van der Waals surface area contributed by atoms with Crippen molar-refractivity contribution >= 4 is 11.6 Å². The Hall–Kier alpha value is -1.35. The van der Waals surface area contributed by atoms with Gasteiger partial charge in [-0.3, -0.25) is 4.79 Å². The van der Waals surface area contributed by atoms with E-state index in [1.54, 1.807) is 0 Å². The van der Waals surface area contributed by atoms with Crippen LogP contribution in [0.5, 0.6) is 0 Å². The maximum absolute atomic E-state index is 12.1. The first-order valence-corrected chi connectivity index (χ1v) is 7.44. The van der Waals surface area contributed by atoms with Gasteiger partial charge < -0.3 is 11.1 Å². The van der Waals surface area contributed by atoms with Gasteiger partial charge in [0.05, 0.1) is 6.04 Å². The van der Waals surface area contributed by atoms with Gasteiger partial charge in [-0.05, 0) is 34.9 Å². The van der Waals surface area contributed by atoms with Crippen LogP contribution < -0.4 is 11.1 Å². The van der Waals surface area contributed by atoms with Crippen LogP contribution in [0.4, 0.5) is 5.69 Å². The summed E-state index contributed by atoms with van der Waals surface area (Å²) in [5.41, 5.74) is 9.24. The number of benzene rings is 1. The Kier molecular flexibility index (Phi) is 5.75. The number of amides is 1. The van der Waals surface area contributed by atoms with Gasteiger partial charge in [-0.25, -0.2) is 0 Å². The molecule has 0 unspecified atom stereocenters. The lowest BCUT2D eigenvalue weighted by atomic mass is 9.94. The first kappa shape index (κ1) is 16.7. The number of carbonyl (C=O) groups is 1. The normalized spacial score (nSPS) is 13.1. The average molecular weight is 276 g/mol. The number of carbonyl (C=O) groups excluding carboxylic acids is 1. The van der Waals surface area contributed by atoms with Crippen molar-refractivity contribution in [3.05, 3.63) is 29.3 Å². The van der Waals surface area contributed by atoms with Crippen LogP contribution in [0.3, 0.4) is 0 Å². The second kappa shape index (κ2) is 6.89. The van der Waals surface area contributed by atoms with E-state index >= 15 is 0 Å². The van der Waals surface area contributed by atoms with Crippen LogP contribution in [0.25, 0.3) is 0 Å². The fourth-order valence-corrected chi connectivity index (χ4v) is 2.05. The maximum Gasteiger partial charge on any atom is 0.241 e. The molecule has 1 aromatic carbocycles. The molecule has 1 amide bonds. The maximum atomic E-state index is 12.1. The molecule has 0 saturated carbocycles. The lowest BCUT2D eigenvalue weighted by Crippen LogP contribution is -2.40. The first-order valence-electron chi connectivity index (χ1n) is 7.44. The molecule has 0 aromatic heterocycles. The van der Waals surface area contributed by atoms with E-state index in [9.17, 15) is 4.79 Å². The third-order valence-electron chi connectivity index (χ3n) is 3.64. The molecule has 3 nitrogen and oxygen atoms in total. The minimum absolute atomic E-state index is 0.112. The summed E-state index contributed by atoms with van der Waals surface area (Å²) in [4.78, 5) is 12.1. The van der Waals surface area contributed by atoms with Gasteiger partial charge in [-0.2, -0.15) is 0 Å². The van der Waals surface area contributed by atoms with Crippen molar-refractivity contribution in [3.8, 4) is 0 Å². The van der Waals surface area contributed by atoms with Crippen LogP contribution in [-0.4, -0.2) is 11.9 Å². The van der Waals surface area contributed by atoms with Crippen molar-refractivity contribution in [3.63, 3.8) is 0 Å². The Labute approximate surface area is 122 Å². The lowest BCUT2D eigenvalue weighted by molar-refractivity contribution is -0.118. The summed E-state index contributed by atoms with van der Waals surface area (Å²) >= 11 is 0. The molecule has 0 radical (unpaired) electrons. The van der Waals surface area contributed by atoms with Crippen molar-refractivity contribution in [2.45, 2.75) is 59.4 Å². The zero-order chi connectivity index (χ0) is 15.4. The van der Waals surface area contributed by atoms with Crippen LogP contribution in [-0.2, 0) is 4.79 Å². The van der Waals surface area contributed by atoms with Crippen molar-refractivity contribution in [2.24, 2.45) is 11.7 Å². The van der Waals surface area contributed by atoms with Crippen LogP contribution in [0.15, 0.2) is 18.2 Å². The zero-order valence-corrected chi connectivity index (χ0v) is 13.5. The highest BCUT2D eigenvalue weighted by Crippen LogP contribution is 2.28. The largest absolute Gasteiger partial charge is 0.324 e. The standard InChI is InChI=1S/C17H28N2O/c1-10(2)13-7-8-15(14(9-13)11(3)4)19-17(20)16(18)12(5)6/h7-12,16H,18H2,1-6H3,(H,19,20)/t16-/m0/s1. The van der Waals surface area contributed by atoms with Crippen LogP contribution in [0.1, 0.15) is 64.5 Å². The van der Waals surface area contributed by atoms with Crippen molar-refractivity contribution in [1.29, 1.82) is 0 Å².